The molecule has 0 atom stereocenters. The third kappa shape index (κ3) is 3.32. The van der Waals surface area contributed by atoms with Crippen LogP contribution in [0.2, 0.25) is 0 Å². The Kier molecular flexibility index (Phi) is 3.85. The minimum atomic E-state index is -3.31. The van der Waals surface area contributed by atoms with E-state index in [4.69, 9.17) is 0 Å². The lowest BCUT2D eigenvalue weighted by Gasteiger charge is -2.02. The summed E-state index contributed by atoms with van der Waals surface area (Å²) in [7, 11) is -3.31. The van der Waals surface area contributed by atoms with E-state index in [1.807, 2.05) is 38.1 Å². The van der Waals surface area contributed by atoms with Crippen LogP contribution in [-0.4, -0.2) is 24.4 Å². The van der Waals surface area contributed by atoms with Crippen molar-refractivity contribution in [2.75, 3.05) is 5.75 Å². The molecule has 0 amide bonds. The number of hydrogen-bond donors (Lipinski definition) is 1. The van der Waals surface area contributed by atoms with Gasteiger partial charge in [0.2, 0.25) is 0 Å². The van der Waals surface area contributed by atoms with Crippen LogP contribution < -0.4 is 0 Å². The Morgan fingerprint density at radius 1 is 1.26 bits per heavy atom. The first-order valence-corrected chi connectivity index (χ1v) is 7.60. The normalized spacial score (nSPS) is 12.1. The Morgan fingerprint density at radius 3 is 2.74 bits per heavy atom. The molecule has 0 bridgehead atoms. The maximum atomic E-state index is 11.9. The molecule has 1 aromatic heterocycles. The van der Waals surface area contributed by atoms with Gasteiger partial charge in [-0.3, -0.25) is 5.10 Å². The van der Waals surface area contributed by atoms with Gasteiger partial charge in [-0.2, -0.15) is 5.10 Å². The first kappa shape index (κ1) is 13.5. The Labute approximate surface area is 113 Å². The largest absolute Gasteiger partial charge is 0.267 e. The number of hydrogen-bond acceptors (Lipinski definition) is 3. The van der Waals surface area contributed by atoms with Gasteiger partial charge < -0.3 is 0 Å². The predicted octanol–water partition coefficient (Wildman–Crippen LogP) is 2.51. The molecule has 0 fully saturated rings. The van der Waals surface area contributed by atoms with E-state index in [9.17, 15) is 8.42 Å². The fourth-order valence-electron chi connectivity index (χ4n) is 1.75. The highest BCUT2D eigenvalue weighted by atomic mass is 32.2. The smallest absolute Gasteiger partial charge is 0.198 e. The molecule has 0 aliphatic rings. The number of sulfone groups is 1. The Balaban J connectivity index is 2.14. The quantitative estimate of drug-likeness (QED) is 0.933. The van der Waals surface area contributed by atoms with Crippen molar-refractivity contribution in [3.05, 3.63) is 53.2 Å². The van der Waals surface area contributed by atoms with Crippen LogP contribution in [0, 0.1) is 13.8 Å². The van der Waals surface area contributed by atoms with Gasteiger partial charge in [-0.25, -0.2) is 8.42 Å². The maximum absolute atomic E-state index is 11.9. The second-order valence-electron chi connectivity index (χ2n) is 4.46. The zero-order valence-corrected chi connectivity index (χ0v) is 11.7. The molecule has 1 aromatic carbocycles. The number of rotatable bonds is 4. The number of aryl methyl sites for hydroxylation is 2. The fraction of sp³-hybridized carbons (Fsp3) is 0.214. The molecule has 0 unspecified atom stereocenters. The molecule has 0 spiro atoms. The molecule has 0 saturated carbocycles. The molecule has 0 aliphatic carbocycles. The van der Waals surface area contributed by atoms with Gasteiger partial charge in [-0.15, -0.1) is 0 Å². The molecule has 4 nitrogen and oxygen atoms in total. The van der Waals surface area contributed by atoms with Gasteiger partial charge in [-0.05, 0) is 31.0 Å². The average Bonchev–Trinajstić information content (AvgIpc) is 2.88. The van der Waals surface area contributed by atoms with E-state index in [1.165, 1.54) is 12.3 Å². The third-order valence-corrected chi connectivity index (χ3v) is 4.39. The van der Waals surface area contributed by atoms with Crippen LogP contribution in [-0.2, 0) is 9.84 Å². The van der Waals surface area contributed by atoms with E-state index in [0.717, 1.165) is 16.7 Å². The molecule has 19 heavy (non-hydrogen) atoms. The molecule has 2 rings (SSSR count). The third-order valence-electron chi connectivity index (χ3n) is 2.86. The van der Waals surface area contributed by atoms with E-state index in [-0.39, 0.29) is 10.8 Å². The van der Waals surface area contributed by atoms with E-state index in [1.54, 1.807) is 6.08 Å². The molecular weight excluding hydrogens is 260 g/mol. The summed E-state index contributed by atoms with van der Waals surface area (Å²) in [6.45, 7) is 4.01. The summed E-state index contributed by atoms with van der Waals surface area (Å²) in [6, 6.07) is 7.56. The number of aromatic nitrogens is 2. The summed E-state index contributed by atoms with van der Waals surface area (Å²) in [4.78, 5) is 0. The van der Waals surface area contributed by atoms with E-state index < -0.39 is 9.84 Å². The lowest BCUT2D eigenvalue weighted by molar-refractivity contribution is 0.595. The van der Waals surface area contributed by atoms with Crippen LogP contribution in [0.3, 0.4) is 0 Å². The minimum absolute atomic E-state index is 0.0391. The van der Waals surface area contributed by atoms with Gasteiger partial charge in [0.25, 0.3) is 0 Å². The van der Waals surface area contributed by atoms with Crippen molar-refractivity contribution in [2.45, 2.75) is 18.9 Å². The monoisotopic (exact) mass is 276 g/mol. The topological polar surface area (TPSA) is 62.8 Å². The highest BCUT2D eigenvalue weighted by molar-refractivity contribution is 7.91. The summed E-state index contributed by atoms with van der Waals surface area (Å²) in [5.41, 5.74) is 3.32. The second-order valence-corrected chi connectivity index (χ2v) is 6.47. The van der Waals surface area contributed by atoms with Crippen molar-refractivity contribution < 1.29 is 8.42 Å². The SMILES string of the molecule is Cc1ccc(C)c(C=CCS(=O)(=O)c2ccn[nH]2)c1. The zero-order chi connectivity index (χ0) is 13.9. The molecule has 0 saturated heterocycles. The number of nitrogens with zero attached hydrogens (tertiary/aromatic N) is 1. The fourth-order valence-corrected chi connectivity index (χ4v) is 2.74. The minimum Gasteiger partial charge on any atom is -0.267 e. The highest BCUT2D eigenvalue weighted by Crippen LogP contribution is 2.13. The lowest BCUT2D eigenvalue weighted by atomic mass is 10.1. The molecule has 2 aromatic rings. The van der Waals surface area contributed by atoms with Gasteiger partial charge >= 0.3 is 0 Å². The highest BCUT2D eigenvalue weighted by Gasteiger charge is 2.13. The van der Waals surface area contributed by atoms with Crippen LogP contribution in [0.25, 0.3) is 6.08 Å². The van der Waals surface area contributed by atoms with Gasteiger partial charge in [0.15, 0.2) is 14.9 Å². The Bertz CT molecular complexity index is 686. The summed E-state index contributed by atoms with van der Waals surface area (Å²) in [6.07, 6.45) is 4.94. The first-order valence-electron chi connectivity index (χ1n) is 5.95. The van der Waals surface area contributed by atoms with E-state index >= 15 is 0 Å². The number of H-pyrrole nitrogens is 1. The number of benzene rings is 1. The standard InChI is InChI=1S/C14H16N2O2S/c1-11-5-6-12(2)13(10-11)4-3-9-19(17,18)14-7-8-15-16-14/h3-8,10H,9H2,1-2H3,(H,15,16). The Hall–Kier alpha value is -1.88. The lowest BCUT2D eigenvalue weighted by Crippen LogP contribution is -2.05. The molecule has 0 aliphatic heterocycles. The summed E-state index contributed by atoms with van der Waals surface area (Å²) in [5, 5.41) is 6.28. The molecule has 5 heteroatoms. The van der Waals surface area contributed by atoms with Crippen molar-refractivity contribution in [1.29, 1.82) is 0 Å². The summed E-state index contributed by atoms with van der Waals surface area (Å²) < 4.78 is 23.8. The number of nitrogens with one attached hydrogen (secondary N) is 1. The summed E-state index contributed by atoms with van der Waals surface area (Å²) >= 11 is 0. The van der Waals surface area contributed by atoms with Gasteiger partial charge in [0.05, 0.1) is 11.9 Å². The maximum Gasteiger partial charge on any atom is 0.198 e. The number of aromatic amines is 1. The second kappa shape index (κ2) is 5.40. The van der Waals surface area contributed by atoms with Crippen LogP contribution >= 0.6 is 0 Å². The predicted molar refractivity (Wildman–Crippen MR) is 75.6 cm³/mol. The van der Waals surface area contributed by atoms with Crippen molar-refractivity contribution in [1.82, 2.24) is 10.2 Å². The van der Waals surface area contributed by atoms with Crippen LogP contribution in [0.1, 0.15) is 16.7 Å². The van der Waals surface area contributed by atoms with Crippen molar-refractivity contribution >= 4 is 15.9 Å². The molecule has 1 heterocycles. The van der Waals surface area contributed by atoms with Crippen molar-refractivity contribution in [3.63, 3.8) is 0 Å². The van der Waals surface area contributed by atoms with Crippen molar-refractivity contribution in [3.8, 4) is 0 Å². The van der Waals surface area contributed by atoms with Gasteiger partial charge in [0, 0.05) is 0 Å². The van der Waals surface area contributed by atoms with E-state index in [0.29, 0.717) is 0 Å². The van der Waals surface area contributed by atoms with Crippen molar-refractivity contribution in [2.24, 2.45) is 0 Å². The molecule has 100 valence electrons. The van der Waals surface area contributed by atoms with Crippen LogP contribution in [0.15, 0.2) is 41.6 Å². The zero-order valence-electron chi connectivity index (χ0n) is 10.9. The van der Waals surface area contributed by atoms with E-state index in [2.05, 4.69) is 10.2 Å². The average molecular weight is 276 g/mol. The molecular formula is C14H16N2O2S. The van der Waals surface area contributed by atoms with Gasteiger partial charge in [0.1, 0.15) is 0 Å². The summed E-state index contributed by atoms with van der Waals surface area (Å²) in [5.74, 6) is -0.0391. The van der Waals surface area contributed by atoms with Gasteiger partial charge in [-0.1, -0.05) is 35.9 Å². The Morgan fingerprint density at radius 2 is 2.05 bits per heavy atom. The molecule has 1 N–H and O–H groups in total. The first-order chi connectivity index (χ1) is 8.99. The molecule has 0 radical (unpaired) electrons. The van der Waals surface area contributed by atoms with Crippen LogP contribution in [0.5, 0.6) is 0 Å². The van der Waals surface area contributed by atoms with Crippen LogP contribution in [0.4, 0.5) is 0 Å².